The molecule has 7 aromatic heterocycles. The third kappa shape index (κ3) is 30.4. The van der Waals surface area contributed by atoms with E-state index >= 15 is 0 Å². The van der Waals surface area contributed by atoms with Crippen LogP contribution in [0.15, 0.2) is 206 Å². The largest absolute Gasteiger partial charge is 0.471 e. The molecule has 0 aliphatic heterocycles. The van der Waals surface area contributed by atoms with Crippen molar-refractivity contribution in [3.8, 4) is 55.2 Å². The van der Waals surface area contributed by atoms with Gasteiger partial charge in [-0.2, -0.15) is 30.5 Å². The first-order valence-corrected chi connectivity index (χ1v) is 43.1. The number of aliphatic hydroxyl groups excluding tert-OH is 3. The van der Waals surface area contributed by atoms with Crippen LogP contribution in [-0.2, 0) is 50.1 Å². The van der Waals surface area contributed by atoms with Gasteiger partial charge in [0.05, 0.1) is 43.9 Å². The molecule has 12 N–H and O–H groups in total. The number of rotatable bonds is 30. The van der Waals surface area contributed by atoms with Crippen molar-refractivity contribution < 1.29 is 58.2 Å². The first-order valence-electron chi connectivity index (χ1n) is 39.6. The van der Waals surface area contributed by atoms with Crippen LogP contribution >= 0.6 is 56.6 Å². The Morgan fingerprint density at radius 2 is 0.841 bits per heavy atom. The molecule has 0 atom stereocenters. The van der Waals surface area contributed by atoms with Crippen LogP contribution in [0, 0.1) is 26.2 Å². The highest BCUT2D eigenvalue weighted by atomic mass is 127. The van der Waals surface area contributed by atoms with Gasteiger partial charge in [-0.05, 0) is 212 Å². The van der Waals surface area contributed by atoms with E-state index in [0.29, 0.717) is 80.0 Å². The lowest BCUT2D eigenvalue weighted by molar-refractivity contribution is -0.150. The zero-order valence-electron chi connectivity index (χ0n) is 71.4. The normalized spacial score (nSPS) is 11.2. The Hall–Kier alpha value is -13.2. The van der Waals surface area contributed by atoms with Gasteiger partial charge < -0.3 is 91.1 Å². The van der Waals surface area contributed by atoms with E-state index in [1.54, 1.807) is 53.7 Å². The number of benzene rings is 6. The summed E-state index contributed by atoms with van der Waals surface area (Å²) in [6.07, 6.45) is 6.51. The number of nitrogens with one attached hydrogen (secondary N) is 3. The first-order chi connectivity index (χ1) is 60.4. The number of carbonyl (C=O) groups is 4. The number of aromatic amines is 2. The molecule has 0 fully saturated rings. The number of thiophene rings is 3. The van der Waals surface area contributed by atoms with Crippen molar-refractivity contribution in [1.82, 2.24) is 45.2 Å². The SMILES string of the molecule is CN(CCO)c1ccc(-c2ccc(/C=C(\C#N)C(=O)OC(C)(C)C)s2)cc1.CN(CCO)c1ccc(-c2ccc(C=O)s2)cc1.CN(CCO)c1ccc(I)cc1.CN(CCOC(=O)NCc1ccc(COc2nc(N)nc3nc[nH]c23)cc1)c1ccc(-c2ccc(/C=C(\C#N)C(=O)OC(C)(C)C)s2)cc1.NCc1ccc(COc2nc(N)nc3nc[nH]c23)cc1. The summed E-state index contributed by atoms with van der Waals surface area (Å²) in [7, 11) is 7.77. The molecule has 0 saturated heterocycles. The van der Waals surface area contributed by atoms with Crippen LogP contribution in [0.25, 0.3) is 65.8 Å². The van der Waals surface area contributed by atoms with E-state index in [0.717, 1.165) is 97.2 Å². The summed E-state index contributed by atoms with van der Waals surface area (Å²) in [5, 5.41) is 48.1. The average Bonchev–Trinajstić information content (AvgIpc) is 1.69. The molecule has 0 aliphatic rings. The van der Waals surface area contributed by atoms with Crippen LogP contribution in [0.1, 0.15) is 83.2 Å². The van der Waals surface area contributed by atoms with Crippen LogP contribution < -0.4 is 51.6 Å². The molecule has 656 valence electrons. The molecule has 34 heteroatoms. The standard InChI is InChI=1S/C35H36N8O5S.C21H24N2O3S.C14H15NO2S.C13H14N6O.C9H12INO/c1-35(2,3)48-32(44)25(18-36)17-27-13-14-28(49-27)24-9-11-26(12-10-24)43(4)15-16-46-34(45)38-19-22-5-7-23(8-6-22)20-47-31-29-30(40-21-39-29)41-33(37)42-31;1-21(2,3)26-20(25)16(14-22)13-18-9-10-19(27-18)15-5-7-17(8-6-15)23(4)11-12-24;1-15(8-9-16)12-4-2-11(3-5-12)14-7-6-13(10-17)18-14;14-5-8-1-3-9(4-2-8)6-20-12-10-11(17-7-16-10)18-13(15)19-12;1-11(6-7-12)9-4-2-8(10)3-5-9/h5-14,17,21H,15-16,19-20H2,1-4H3,(H,38,45)(H3,37,39,40,41,42);5-10,13,24H,11-12H2,1-4H3;2-7,10,16H,8-9H2,1H3;1-4,7H,5-6,14H2,(H3,15,16,17,18,19);2-5,12H,6-7H2,1H3/b25-17+;16-13+;;;. The molecule has 0 radical (unpaired) electrons. The summed E-state index contributed by atoms with van der Waals surface area (Å²) < 4.78 is 28.7. The van der Waals surface area contributed by atoms with Gasteiger partial charge in [0.25, 0.3) is 0 Å². The van der Waals surface area contributed by atoms with Crippen molar-refractivity contribution in [2.45, 2.75) is 79.0 Å². The second-order valence-corrected chi connectivity index (χ2v) is 34.5. The lowest BCUT2D eigenvalue weighted by Gasteiger charge is -2.19. The first kappa shape index (κ1) is 96.6. The lowest BCUT2D eigenvalue weighted by atomic mass is 10.1. The van der Waals surface area contributed by atoms with E-state index < -0.39 is 29.2 Å². The van der Waals surface area contributed by atoms with Gasteiger partial charge in [-0.15, -0.1) is 34.0 Å². The molecular weight excluding hydrogens is 1770 g/mol. The van der Waals surface area contributed by atoms with Crippen molar-refractivity contribution in [1.29, 1.82) is 10.5 Å². The average molecular weight is 1870 g/mol. The smallest absolute Gasteiger partial charge is 0.407 e. The number of amides is 1. The number of carbonyl (C=O) groups excluding carboxylic acids is 4. The highest BCUT2D eigenvalue weighted by Gasteiger charge is 2.23. The number of nitrogens with zero attached hydrogens (tertiary/aromatic N) is 12. The topological polar surface area (TPSA) is 435 Å². The summed E-state index contributed by atoms with van der Waals surface area (Å²) in [6.45, 7) is 15.1. The zero-order chi connectivity index (χ0) is 90.9. The van der Waals surface area contributed by atoms with Gasteiger partial charge in [0.15, 0.2) is 17.6 Å². The minimum atomic E-state index is -0.681. The molecule has 6 aromatic carbocycles. The van der Waals surface area contributed by atoms with Crippen LogP contribution in [0.3, 0.4) is 0 Å². The minimum absolute atomic E-state index is 0.0145. The van der Waals surface area contributed by atoms with Crippen LogP contribution in [0.5, 0.6) is 11.8 Å². The fourth-order valence-corrected chi connectivity index (χ4v) is 14.6. The van der Waals surface area contributed by atoms with Gasteiger partial charge in [0, 0.05) is 112 Å². The predicted molar refractivity (Wildman–Crippen MR) is 507 cm³/mol. The van der Waals surface area contributed by atoms with Gasteiger partial charge in [-0.3, -0.25) is 4.79 Å². The summed E-state index contributed by atoms with van der Waals surface area (Å²) in [5.41, 5.74) is 29.0. The number of hydrogen-bond donors (Lipinski definition) is 9. The van der Waals surface area contributed by atoms with Crippen LogP contribution in [0.2, 0.25) is 0 Å². The van der Waals surface area contributed by atoms with Gasteiger partial charge in [0.1, 0.15) is 65.3 Å². The number of halogens is 1. The number of esters is 2. The molecule has 13 rings (SSSR count). The Morgan fingerprint density at radius 3 is 1.19 bits per heavy atom. The monoisotopic (exact) mass is 1870 g/mol. The van der Waals surface area contributed by atoms with E-state index in [4.69, 9.17) is 56.2 Å². The minimum Gasteiger partial charge on any atom is -0.471 e. The Labute approximate surface area is 756 Å². The second-order valence-electron chi connectivity index (χ2n) is 29.9. The number of aromatic nitrogens is 8. The fraction of sp³-hybridized carbons (Fsp3) is 0.261. The quantitative estimate of drug-likeness (QED) is 0.00504. The van der Waals surface area contributed by atoms with E-state index in [2.05, 4.69) is 92.0 Å². The fourth-order valence-electron chi connectivity index (χ4n) is 11.5. The molecule has 0 bridgehead atoms. The Morgan fingerprint density at radius 1 is 0.492 bits per heavy atom. The van der Waals surface area contributed by atoms with Crippen LogP contribution in [0.4, 0.5) is 39.4 Å². The Balaban J connectivity index is 0.000000196. The number of nitrogens with two attached hydrogens (primary N) is 3. The van der Waals surface area contributed by atoms with Crippen molar-refractivity contribution in [2.24, 2.45) is 5.73 Å². The number of nitriles is 2. The highest BCUT2D eigenvalue weighted by Crippen LogP contribution is 2.35. The zero-order valence-corrected chi connectivity index (χ0v) is 76.0. The van der Waals surface area contributed by atoms with E-state index in [1.165, 1.54) is 50.2 Å². The van der Waals surface area contributed by atoms with Gasteiger partial charge in [0.2, 0.25) is 23.7 Å². The molecule has 7 heterocycles. The second kappa shape index (κ2) is 47.6. The number of imidazole rings is 2. The van der Waals surface area contributed by atoms with Crippen molar-refractivity contribution in [2.75, 3.05) is 112 Å². The third-order valence-electron chi connectivity index (χ3n) is 18.1. The summed E-state index contributed by atoms with van der Waals surface area (Å²) in [5.74, 6) is -0.315. The summed E-state index contributed by atoms with van der Waals surface area (Å²) in [6, 6.07) is 63.1. The van der Waals surface area contributed by atoms with E-state index in [9.17, 15) is 29.7 Å². The van der Waals surface area contributed by atoms with Crippen molar-refractivity contribution in [3.05, 3.63) is 246 Å². The van der Waals surface area contributed by atoms with Gasteiger partial charge in [-0.25, -0.2) is 24.4 Å². The van der Waals surface area contributed by atoms with Crippen molar-refractivity contribution in [3.63, 3.8) is 0 Å². The molecular formula is C92H101IN18O12S3. The highest BCUT2D eigenvalue weighted by molar-refractivity contribution is 14.1. The van der Waals surface area contributed by atoms with Crippen molar-refractivity contribution >= 4 is 150 Å². The summed E-state index contributed by atoms with van der Waals surface area (Å²) in [4.78, 5) is 91.1. The molecule has 1 amide bonds. The van der Waals surface area contributed by atoms with Crippen LogP contribution in [-0.4, -0.2) is 172 Å². The molecule has 0 unspecified atom stereocenters. The van der Waals surface area contributed by atoms with E-state index in [-0.39, 0.29) is 56.1 Å². The molecule has 0 saturated carbocycles. The van der Waals surface area contributed by atoms with Gasteiger partial charge >= 0.3 is 18.0 Å². The number of anilines is 6. The number of H-pyrrole nitrogens is 2. The Bertz CT molecular complexity index is 5840. The third-order valence-corrected chi connectivity index (χ3v) is 22.0. The molecule has 13 aromatic rings. The number of fused-ring (bicyclic) bond motifs is 2. The number of hydrogen-bond acceptors (Lipinski definition) is 30. The van der Waals surface area contributed by atoms with E-state index in [1.807, 2.05) is 218 Å². The lowest BCUT2D eigenvalue weighted by Crippen LogP contribution is -2.28. The predicted octanol–water partition coefficient (Wildman–Crippen LogP) is 15.3. The Kier molecular flexibility index (Phi) is 36.5. The number of nitrogen functional groups attached to an aromatic ring is 2. The number of aldehydes is 1. The number of likely N-dealkylation sites (N-methyl/N-ethyl adjacent to an activating group) is 4. The maximum atomic E-state index is 12.3. The molecule has 30 nitrogen and oxygen atoms in total. The molecule has 126 heavy (non-hydrogen) atoms. The maximum Gasteiger partial charge on any atom is 0.407 e. The molecule has 0 aliphatic carbocycles. The number of aliphatic hydroxyl groups is 3. The maximum absolute atomic E-state index is 12.3. The van der Waals surface area contributed by atoms with Gasteiger partial charge in [-0.1, -0.05) is 84.9 Å². The number of alkyl carbamates (subject to hydrolysis) is 1. The summed E-state index contributed by atoms with van der Waals surface area (Å²) >= 11 is 6.74. The number of ether oxygens (including phenoxy) is 5. The molecule has 0 spiro atoms.